The number of halogens is 3. The lowest BCUT2D eigenvalue weighted by Gasteiger charge is -2.11. The largest absolute Gasteiger partial charge is 0.523 e. The van der Waals surface area contributed by atoms with Crippen molar-refractivity contribution in [3.05, 3.63) is 0 Å². The Balaban J connectivity index is 2.74. The predicted molar refractivity (Wildman–Crippen MR) is 38.7 cm³/mol. The van der Waals surface area contributed by atoms with Crippen LogP contribution in [0.25, 0.3) is 0 Å². The second-order valence-electron chi connectivity index (χ2n) is 2.84. The summed E-state index contributed by atoms with van der Waals surface area (Å²) < 4.78 is 60.1. The Morgan fingerprint density at radius 3 is 2.29 bits per heavy atom. The van der Waals surface area contributed by atoms with Crippen LogP contribution in [0.1, 0.15) is 19.3 Å². The molecule has 0 N–H and O–H groups in total. The van der Waals surface area contributed by atoms with Gasteiger partial charge in [-0.2, -0.15) is 21.6 Å². The van der Waals surface area contributed by atoms with E-state index in [4.69, 9.17) is 0 Å². The molecule has 0 aromatic rings. The molecule has 1 fully saturated rings. The number of ketones is 1. The van der Waals surface area contributed by atoms with Gasteiger partial charge in [-0.15, -0.1) is 0 Å². The van der Waals surface area contributed by atoms with Gasteiger partial charge < -0.3 is 0 Å². The maximum absolute atomic E-state index is 11.8. The molecule has 0 amide bonds. The number of rotatable bonds is 2. The first-order chi connectivity index (χ1) is 6.24. The monoisotopic (exact) mass is 232 g/mol. The highest BCUT2D eigenvalue weighted by Gasteiger charge is 2.49. The van der Waals surface area contributed by atoms with Crippen LogP contribution in [0.3, 0.4) is 0 Å². The smallest absolute Gasteiger partial charge is 0.297 e. The van der Waals surface area contributed by atoms with E-state index >= 15 is 0 Å². The van der Waals surface area contributed by atoms with Crippen molar-refractivity contribution in [3.63, 3.8) is 0 Å². The zero-order valence-electron chi connectivity index (χ0n) is 6.87. The third-order valence-electron chi connectivity index (χ3n) is 1.77. The molecule has 1 unspecified atom stereocenters. The molecule has 1 aliphatic carbocycles. The van der Waals surface area contributed by atoms with E-state index in [0.717, 1.165) is 0 Å². The van der Waals surface area contributed by atoms with Crippen LogP contribution >= 0.6 is 0 Å². The Labute approximate surface area is 78.2 Å². The van der Waals surface area contributed by atoms with E-state index in [2.05, 4.69) is 4.18 Å². The SMILES string of the molecule is O=C1CCCC1OS(=O)(=O)C(F)(F)F. The predicted octanol–water partition coefficient (Wildman–Crippen LogP) is 0.974. The van der Waals surface area contributed by atoms with Gasteiger partial charge in [-0.05, 0) is 12.8 Å². The summed E-state index contributed by atoms with van der Waals surface area (Å²) in [6.45, 7) is 0. The first-order valence-corrected chi connectivity index (χ1v) is 5.17. The second-order valence-corrected chi connectivity index (χ2v) is 4.41. The van der Waals surface area contributed by atoms with Crippen LogP contribution in [0, 0.1) is 0 Å². The Morgan fingerprint density at radius 1 is 1.36 bits per heavy atom. The van der Waals surface area contributed by atoms with Gasteiger partial charge in [0.1, 0.15) is 6.10 Å². The number of carbonyl (C=O) groups is 1. The van der Waals surface area contributed by atoms with Crippen LogP contribution in [-0.2, 0) is 19.1 Å². The Hall–Kier alpha value is -0.630. The van der Waals surface area contributed by atoms with Crippen LogP contribution in [0.5, 0.6) is 0 Å². The molecule has 0 aromatic heterocycles. The summed E-state index contributed by atoms with van der Waals surface area (Å²) in [4.78, 5) is 10.8. The first-order valence-electron chi connectivity index (χ1n) is 3.76. The van der Waals surface area contributed by atoms with Crippen LogP contribution in [0.15, 0.2) is 0 Å². The standard InChI is InChI=1S/C6H7F3O4S/c7-6(8,9)14(11,12)13-5-3-1-2-4(5)10/h5H,1-3H2. The van der Waals surface area contributed by atoms with Crippen LogP contribution in [0.2, 0.25) is 0 Å². The summed E-state index contributed by atoms with van der Waals surface area (Å²) in [5, 5.41) is 0. The van der Waals surface area contributed by atoms with Gasteiger partial charge in [0.15, 0.2) is 5.78 Å². The third-order valence-corrected chi connectivity index (χ3v) is 2.83. The number of carbonyl (C=O) groups excluding carboxylic acids is 1. The third kappa shape index (κ3) is 2.24. The molecular weight excluding hydrogens is 225 g/mol. The lowest BCUT2D eigenvalue weighted by molar-refractivity contribution is -0.123. The maximum atomic E-state index is 11.8. The molecule has 0 heterocycles. The van der Waals surface area contributed by atoms with Gasteiger partial charge in [0.2, 0.25) is 0 Å². The van der Waals surface area contributed by atoms with Crippen molar-refractivity contribution in [1.82, 2.24) is 0 Å². The van der Waals surface area contributed by atoms with Gasteiger partial charge in [-0.1, -0.05) is 0 Å². The van der Waals surface area contributed by atoms with E-state index in [1.54, 1.807) is 0 Å². The summed E-state index contributed by atoms with van der Waals surface area (Å²) in [6.07, 6.45) is -1.01. The molecule has 4 nitrogen and oxygen atoms in total. The number of hydrogen-bond donors (Lipinski definition) is 0. The summed E-state index contributed by atoms with van der Waals surface area (Å²) in [5.74, 6) is -0.599. The Bertz CT molecular complexity index is 331. The van der Waals surface area contributed by atoms with Gasteiger partial charge >= 0.3 is 15.6 Å². The summed E-state index contributed by atoms with van der Waals surface area (Å²) in [5.41, 5.74) is -5.46. The normalized spacial score (nSPS) is 24.2. The Kier molecular flexibility index (Phi) is 2.86. The van der Waals surface area contributed by atoms with E-state index in [1.807, 2.05) is 0 Å². The molecule has 0 radical (unpaired) electrons. The molecule has 1 rings (SSSR count). The molecule has 0 saturated heterocycles. The highest BCUT2D eigenvalue weighted by molar-refractivity contribution is 7.87. The topological polar surface area (TPSA) is 60.4 Å². The molecular formula is C6H7F3O4S. The minimum atomic E-state index is -5.63. The van der Waals surface area contributed by atoms with Crippen molar-refractivity contribution >= 4 is 15.9 Å². The van der Waals surface area contributed by atoms with Crippen molar-refractivity contribution in [3.8, 4) is 0 Å². The van der Waals surface area contributed by atoms with E-state index < -0.39 is 27.5 Å². The first kappa shape index (κ1) is 11.4. The fourth-order valence-electron chi connectivity index (χ4n) is 1.09. The molecule has 1 aliphatic rings. The highest BCUT2D eigenvalue weighted by atomic mass is 32.2. The van der Waals surface area contributed by atoms with Crippen LogP contribution in [-0.4, -0.2) is 25.8 Å². The second kappa shape index (κ2) is 3.50. The van der Waals surface area contributed by atoms with Gasteiger partial charge in [0.05, 0.1) is 0 Å². The van der Waals surface area contributed by atoms with Gasteiger partial charge in [-0.25, -0.2) is 0 Å². The van der Waals surface area contributed by atoms with Gasteiger partial charge in [-0.3, -0.25) is 8.98 Å². The zero-order chi connectivity index (χ0) is 11.0. The summed E-state index contributed by atoms with van der Waals surface area (Å²) in [7, 11) is -5.63. The van der Waals surface area contributed by atoms with Gasteiger partial charge in [0.25, 0.3) is 0 Å². The molecule has 0 aromatic carbocycles. The number of hydrogen-bond acceptors (Lipinski definition) is 4. The fraction of sp³-hybridized carbons (Fsp3) is 0.833. The van der Waals surface area contributed by atoms with Crippen molar-refractivity contribution in [2.45, 2.75) is 30.9 Å². The lowest BCUT2D eigenvalue weighted by atomic mass is 10.3. The van der Waals surface area contributed by atoms with E-state index in [9.17, 15) is 26.4 Å². The fourth-order valence-corrected chi connectivity index (χ4v) is 1.71. The van der Waals surface area contributed by atoms with Crippen LogP contribution < -0.4 is 0 Å². The van der Waals surface area contributed by atoms with Gasteiger partial charge in [0, 0.05) is 6.42 Å². The molecule has 1 atom stereocenters. The number of alkyl halides is 3. The maximum Gasteiger partial charge on any atom is 0.523 e. The lowest BCUT2D eigenvalue weighted by Crippen LogP contribution is -2.31. The highest BCUT2D eigenvalue weighted by Crippen LogP contribution is 2.29. The average molecular weight is 232 g/mol. The molecule has 8 heteroatoms. The quantitative estimate of drug-likeness (QED) is 0.526. The summed E-state index contributed by atoms with van der Waals surface area (Å²) >= 11 is 0. The van der Waals surface area contributed by atoms with Crippen molar-refractivity contribution in [2.24, 2.45) is 0 Å². The van der Waals surface area contributed by atoms with Crippen LogP contribution in [0.4, 0.5) is 13.2 Å². The van der Waals surface area contributed by atoms with Crippen molar-refractivity contribution in [2.75, 3.05) is 0 Å². The minimum absolute atomic E-state index is 0.0220. The zero-order valence-corrected chi connectivity index (χ0v) is 7.69. The summed E-state index contributed by atoms with van der Waals surface area (Å²) in [6, 6.07) is 0. The molecule has 14 heavy (non-hydrogen) atoms. The molecule has 0 spiro atoms. The average Bonchev–Trinajstić information content (AvgIpc) is 2.33. The van der Waals surface area contributed by atoms with E-state index in [0.29, 0.717) is 6.42 Å². The Morgan fingerprint density at radius 2 is 1.93 bits per heavy atom. The molecule has 0 bridgehead atoms. The molecule has 1 saturated carbocycles. The molecule has 0 aliphatic heterocycles. The van der Waals surface area contributed by atoms with Crippen molar-refractivity contribution < 1.29 is 30.6 Å². The number of Topliss-reactive ketones (excluding diaryl/α,β-unsaturated/α-hetero) is 1. The molecule has 82 valence electrons. The van der Waals surface area contributed by atoms with E-state index in [1.165, 1.54) is 0 Å². The van der Waals surface area contributed by atoms with E-state index in [-0.39, 0.29) is 12.8 Å². The van der Waals surface area contributed by atoms with Crippen molar-refractivity contribution in [1.29, 1.82) is 0 Å². The minimum Gasteiger partial charge on any atom is -0.297 e.